The summed E-state index contributed by atoms with van der Waals surface area (Å²) in [5.41, 5.74) is 1.14. The van der Waals surface area contributed by atoms with E-state index in [1.165, 1.54) is 28.8 Å². The van der Waals surface area contributed by atoms with E-state index in [4.69, 9.17) is 4.74 Å². The first-order valence-corrected chi connectivity index (χ1v) is 16.3. The van der Waals surface area contributed by atoms with Gasteiger partial charge in [-0.1, -0.05) is 37.3 Å². The van der Waals surface area contributed by atoms with Crippen LogP contribution in [-0.4, -0.2) is 56.6 Å². The van der Waals surface area contributed by atoms with Crippen LogP contribution in [0.15, 0.2) is 88.7 Å². The SMILES string of the molecule is CCOc1ccc(N(CC(=O)N(Cc2ccccc2)C(C)C(=O)NC(C)CC)S(=O)(=O)c2ccc(SC)cc2)cc1. The van der Waals surface area contributed by atoms with Gasteiger partial charge in [-0.25, -0.2) is 8.42 Å². The van der Waals surface area contributed by atoms with Gasteiger partial charge in [0.25, 0.3) is 10.0 Å². The maximum Gasteiger partial charge on any atom is 0.264 e. The van der Waals surface area contributed by atoms with Gasteiger partial charge in [-0.15, -0.1) is 11.8 Å². The van der Waals surface area contributed by atoms with E-state index >= 15 is 0 Å². The molecular formula is C31H39N3O5S2. The largest absolute Gasteiger partial charge is 0.494 e. The summed E-state index contributed by atoms with van der Waals surface area (Å²) in [6.45, 7) is 7.51. The summed E-state index contributed by atoms with van der Waals surface area (Å²) in [6, 6.07) is 21.6. The third kappa shape index (κ3) is 8.50. The highest BCUT2D eigenvalue weighted by Gasteiger charge is 2.32. The molecule has 3 rings (SSSR count). The summed E-state index contributed by atoms with van der Waals surface area (Å²) in [7, 11) is -4.14. The van der Waals surface area contributed by atoms with Crippen LogP contribution in [0.4, 0.5) is 5.69 Å². The van der Waals surface area contributed by atoms with Crippen molar-refractivity contribution in [3.05, 3.63) is 84.4 Å². The van der Waals surface area contributed by atoms with Crippen LogP contribution in [0.1, 0.15) is 39.7 Å². The van der Waals surface area contributed by atoms with Crippen LogP contribution < -0.4 is 14.4 Å². The second-order valence-electron chi connectivity index (χ2n) is 9.62. The molecule has 8 nitrogen and oxygen atoms in total. The number of carbonyl (C=O) groups is 2. The predicted molar refractivity (Wildman–Crippen MR) is 165 cm³/mol. The van der Waals surface area contributed by atoms with E-state index in [2.05, 4.69) is 5.32 Å². The van der Waals surface area contributed by atoms with Crippen LogP contribution in [0.5, 0.6) is 5.75 Å². The number of rotatable bonds is 14. The molecule has 10 heteroatoms. The number of anilines is 1. The molecule has 3 aromatic carbocycles. The molecule has 0 aromatic heterocycles. The van der Waals surface area contributed by atoms with E-state index in [-0.39, 0.29) is 23.4 Å². The average Bonchev–Trinajstić information content (AvgIpc) is 2.99. The minimum atomic E-state index is -4.14. The Bertz CT molecular complexity index is 1380. The van der Waals surface area contributed by atoms with Crippen LogP contribution in [0.25, 0.3) is 0 Å². The number of sulfonamides is 1. The Kier molecular flexibility index (Phi) is 11.7. The molecule has 3 aromatic rings. The normalized spacial score (nSPS) is 12.7. The predicted octanol–water partition coefficient (Wildman–Crippen LogP) is 5.33. The van der Waals surface area contributed by atoms with Crippen LogP contribution in [0.2, 0.25) is 0 Å². The van der Waals surface area contributed by atoms with Crippen molar-refractivity contribution in [1.82, 2.24) is 10.2 Å². The fourth-order valence-corrected chi connectivity index (χ4v) is 5.93. The molecule has 2 atom stereocenters. The molecule has 41 heavy (non-hydrogen) atoms. The van der Waals surface area contributed by atoms with Gasteiger partial charge in [-0.2, -0.15) is 0 Å². The number of hydrogen-bond acceptors (Lipinski definition) is 6. The molecule has 0 radical (unpaired) electrons. The third-order valence-electron chi connectivity index (χ3n) is 6.73. The molecule has 0 spiro atoms. The Morgan fingerprint density at radius 1 is 0.927 bits per heavy atom. The highest BCUT2D eigenvalue weighted by molar-refractivity contribution is 7.98. The zero-order valence-corrected chi connectivity index (χ0v) is 25.9. The van der Waals surface area contributed by atoms with Gasteiger partial charge in [0, 0.05) is 17.5 Å². The summed E-state index contributed by atoms with van der Waals surface area (Å²) in [4.78, 5) is 29.5. The maximum atomic E-state index is 14.0. The summed E-state index contributed by atoms with van der Waals surface area (Å²) >= 11 is 1.51. The lowest BCUT2D eigenvalue weighted by molar-refractivity contribution is -0.139. The van der Waals surface area contributed by atoms with E-state index in [0.29, 0.717) is 18.0 Å². The first-order chi connectivity index (χ1) is 19.6. The standard InChI is InChI=1S/C31H39N3O5S2/c1-6-23(3)32-31(36)24(4)33(21-25-11-9-8-10-12-25)30(35)22-34(26-13-15-27(16-14-26)39-7-2)41(37,38)29-19-17-28(40-5)18-20-29/h8-20,23-24H,6-7,21-22H2,1-5H3,(H,32,36). The Labute approximate surface area is 248 Å². The Morgan fingerprint density at radius 3 is 2.12 bits per heavy atom. The quantitative estimate of drug-likeness (QED) is 0.252. The molecule has 1 N–H and O–H groups in total. The van der Waals surface area contributed by atoms with Gasteiger partial charge in [0.05, 0.1) is 17.2 Å². The Morgan fingerprint density at radius 2 is 1.56 bits per heavy atom. The number of carbonyl (C=O) groups excluding carboxylic acids is 2. The summed E-state index contributed by atoms with van der Waals surface area (Å²) in [5, 5.41) is 2.94. The van der Waals surface area contributed by atoms with Crippen LogP contribution in [0.3, 0.4) is 0 Å². The van der Waals surface area contributed by atoms with Crippen molar-refractivity contribution >= 4 is 39.3 Å². The number of nitrogens with zero attached hydrogens (tertiary/aromatic N) is 2. The van der Waals surface area contributed by atoms with Gasteiger partial charge in [-0.3, -0.25) is 13.9 Å². The number of hydrogen-bond donors (Lipinski definition) is 1. The molecular weight excluding hydrogens is 558 g/mol. The number of nitrogens with one attached hydrogen (secondary N) is 1. The van der Waals surface area contributed by atoms with E-state index in [1.54, 1.807) is 43.3 Å². The first kappa shape index (κ1) is 32.0. The molecule has 2 unspecified atom stereocenters. The molecule has 0 saturated carbocycles. The van der Waals surface area contributed by atoms with E-state index in [0.717, 1.165) is 21.2 Å². The molecule has 0 fully saturated rings. The molecule has 0 heterocycles. The minimum Gasteiger partial charge on any atom is -0.494 e. The zero-order valence-electron chi connectivity index (χ0n) is 24.2. The van der Waals surface area contributed by atoms with Crippen molar-refractivity contribution < 1.29 is 22.7 Å². The lowest BCUT2D eigenvalue weighted by atomic mass is 10.1. The highest BCUT2D eigenvalue weighted by atomic mass is 32.2. The van der Waals surface area contributed by atoms with E-state index in [1.807, 2.05) is 57.4 Å². The van der Waals surface area contributed by atoms with Gasteiger partial charge in [0.1, 0.15) is 18.3 Å². The number of ether oxygens (including phenoxy) is 1. The smallest absolute Gasteiger partial charge is 0.264 e. The summed E-state index contributed by atoms with van der Waals surface area (Å²) in [5.74, 6) is -0.212. The van der Waals surface area contributed by atoms with Crippen molar-refractivity contribution in [3.63, 3.8) is 0 Å². The maximum absolute atomic E-state index is 14.0. The topological polar surface area (TPSA) is 96.0 Å². The fourth-order valence-electron chi connectivity index (χ4n) is 4.11. The monoisotopic (exact) mass is 597 g/mol. The van der Waals surface area contributed by atoms with Crippen molar-refractivity contribution in [3.8, 4) is 5.75 Å². The number of thioether (sulfide) groups is 1. The molecule has 0 aliphatic rings. The fraction of sp³-hybridized carbons (Fsp3) is 0.355. The van der Waals surface area contributed by atoms with Crippen molar-refractivity contribution in [2.24, 2.45) is 0 Å². The first-order valence-electron chi connectivity index (χ1n) is 13.6. The third-order valence-corrected chi connectivity index (χ3v) is 9.26. The molecule has 0 aliphatic carbocycles. The lowest BCUT2D eigenvalue weighted by Crippen LogP contribution is -2.52. The van der Waals surface area contributed by atoms with Crippen LogP contribution in [0, 0.1) is 0 Å². The van der Waals surface area contributed by atoms with Gasteiger partial charge in [0.15, 0.2) is 0 Å². The molecule has 2 amide bonds. The van der Waals surface area contributed by atoms with Gasteiger partial charge in [-0.05, 0) is 87.5 Å². The lowest BCUT2D eigenvalue weighted by Gasteiger charge is -2.32. The second kappa shape index (κ2) is 14.9. The van der Waals surface area contributed by atoms with Crippen molar-refractivity contribution in [2.75, 3.05) is 23.7 Å². The average molecular weight is 598 g/mol. The van der Waals surface area contributed by atoms with Gasteiger partial charge in [0.2, 0.25) is 11.8 Å². The van der Waals surface area contributed by atoms with Crippen LogP contribution in [-0.2, 0) is 26.2 Å². The number of benzene rings is 3. The Balaban J connectivity index is 2.02. The molecule has 0 bridgehead atoms. The molecule has 0 saturated heterocycles. The minimum absolute atomic E-state index is 0.0640. The summed E-state index contributed by atoms with van der Waals surface area (Å²) < 4.78 is 34.6. The van der Waals surface area contributed by atoms with Crippen molar-refractivity contribution in [2.45, 2.75) is 62.5 Å². The van der Waals surface area contributed by atoms with Crippen LogP contribution >= 0.6 is 11.8 Å². The number of amides is 2. The van der Waals surface area contributed by atoms with E-state index in [9.17, 15) is 18.0 Å². The molecule has 0 aliphatic heterocycles. The zero-order chi connectivity index (χ0) is 30.0. The van der Waals surface area contributed by atoms with Crippen molar-refractivity contribution in [1.29, 1.82) is 0 Å². The van der Waals surface area contributed by atoms with Gasteiger partial charge < -0.3 is 15.0 Å². The van der Waals surface area contributed by atoms with E-state index < -0.39 is 28.5 Å². The van der Waals surface area contributed by atoms with Gasteiger partial charge >= 0.3 is 0 Å². The highest BCUT2D eigenvalue weighted by Crippen LogP contribution is 2.28. The molecule has 220 valence electrons. The Hall–Kier alpha value is -3.50. The second-order valence-corrected chi connectivity index (χ2v) is 12.4. The summed E-state index contributed by atoms with van der Waals surface area (Å²) in [6.07, 6.45) is 2.65.